The van der Waals surface area contributed by atoms with Crippen molar-refractivity contribution in [3.63, 3.8) is 0 Å². The van der Waals surface area contributed by atoms with Crippen molar-refractivity contribution in [3.8, 4) is 11.3 Å². The number of ether oxygens (including phenoxy) is 1. The van der Waals surface area contributed by atoms with Crippen LogP contribution in [0.25, 0.3) is 11.3 Å². The van der Waals surface area contributed by atoms with Crippen LogP contribution < -0.4 is 0 Å². The summed E-state index contributed by atoms with van der Waals surface area (Å²) in [6, 6.07) is 9.88. The Kier molecular flexibility index (Phi) is 5.55. The molecule has 1 unspecified atom stereocenters. The quantitative estimate of drug-likeness (QED) is 0.665. The van der Waals surface area contributed by atoms with E-state index < -0.39 is 0 Å². The smallest absolute Gasteiger partial charge is 0.257 e. The van der Waals surface area contributed by atoms with Crippen LogP contribution in [0.5, 0.6) is 0 Å². The van der Waals surface area contributed by atoms with Gasteiger partial charge in [0, 0.05) is 49.7 Å². The zero-order valence-corrected chi connectivity index (χ0v) is 18.7. The van der Waals surface area contributed by atoms with Gasteiger partial charge in [-0.05, 0) is 18.8 Å². The van der Waals surface area contributed by atoms with Gasteiger partial charge >= 0.3 is 0 Å². The summed E-state index contributed by atoms with van der Waals surface area (Å²) >= 11 is 0. The van der Waals surface area contributed by atoms with Crippen molar-refractivity contribution in [2.24, 2.45) is 11.3 Å². The summed E-state index contributed by atoms with van der Waals surface area (Å²) in [4.78, 5) is 15.7. The van der Waals surface area contributed by atoms with Crippen LogP contribution in [0.3, 0.4) is 0 Å². The first kappa shape index (κ1) is 20.9. The molecule has 2 aliphatic rings. The van der Waals surface area contributed by atoms with E-state index in [4.69, 9.17) is 4.74 Å². The molecular weight excluding hydrogens is 404 g/mol. The molecule has 8 nitrogen and oxygen atoms in total. The van der Waals surface area contributed by atoms with Crippen LogP contribution in [0, 0.1) is 11.3 Å². The molecule has 168 valence electrons. The molecule has 1 amide bonds. The van der Waals surface area contributed by atoms with E-state index in [0.717, 1.165) is 49.7 Å². The minimum Gasteiger partial charge on any atom is -0.381 e. The van der Waals surface area contributed by atoms with Gasteiger partial charge < -0.3 is 14.2 Å². The topological polar surface area (TPSA) is 88.9 Å². The van der Waals surface area contributed by atoms with Gasteiger partial charge in [-0.25, -0.2) is 0 Å². The number of likely N-dealkylation sites (tertiary alicyclic amines) is 1. The van der Waals surface area contributed by atoms with Crippen molar-refractivity contribution in [2.75, 3.05) is 26.3 Å². The molecule has 2 aromatic heterocycles. The number of aromatic amines is 1. The summed E-state index contributed by atoms with van der Waals surface area (Å²) in [5.74, 6) is 1.64. The van der Waals surface area contributed by atoms with Gasteiger partial charge in [-0.2, -0.15) is 5.10 Å². The number of rotatable bonds is 5. The lowest BCUT2D eigenvalue weighted by atomic mass is 9.71. The third-order valence-corrected chi connectivity index (χ3v) is 6.87. The first-order chi connectivity index (χ1) is 15.6. The minimum absolute atomic E-state index is 0.0147. The largest absolute Gasteiger partial charge is 0.381 e. The molecule has 2 fully saturated rings. The fourth-order valence-electron chi connectivity index (χ4n) is 5.27. The van der Waals surface area contributed by atoms with Gasteiger partial charge in [0.05, 0.1) is 17.5 Å². The monoisotopic (exact) mass is 434 g/mol. The Morgan fingerprint density at radius 1 is 1.25 bits per heavy atom. The maximum absolute atomic E-state index is 13.7. The fraction of sp³-hybridized carbons (Fsp3) is 0.500. The second-order valence-electron chi connectivity index (χ2n) is 9.47. The average molecular weight is 435 g/mol. The van der Waals surface area contributed by atoms with Gasteiger partial charge in [0.15, 0.2) is 0 Å². The van der Waals surface area contributed by atoms with E-state index in [2.05, 4.69) is 38.8 Å². The number of nitrogens with zero attached hydrogens (tertiary/aromatic N) is 5. The van der Waals surface area contributed by atoms with Crippen LogP contribution in [0.4, 0.5) is 0 Å². The van der Waals surface area contributed by atoms with Crippen molar-refractivity contribution < 1.29 is 9.53 Å². The number of nitrogens with one attached hydrogen (secondary N) is 1. The van der Waals surface area contributed by atoms with Crippen LogP contribution >= 0.6 is 0 Å². The van der Waals surface area contributed by atoms with Crippen molar-refractivity contribution in [1.82, 2.24) is 29.9 Å². The van der Waals surface area contributed by atoms with E-state index in [1.54, 1.807) is 6.20 Å². The maximum Gasteiger partial charge on any atom is 0.257 e. The van der Waals surface area contributed by atoms with E-state index in [-0.39, 0.29) is 17.2 Å². The molecule has 0 radical (unpaired) electrons. The standard InChI is InChI=1S/C24H30N6O2/c1-17(2)13-30-16-26-28-22(30)20-14-29(15-24(20)8-10-32-11-9-24)23(31)19-12-25-27-21(19)18-6-4-3-5-7-18/h3-7,12,16-17,20H,8-11,13-15H2,1-2H3,(H,25,27). The summed E-state index contributed by atoms with van der Waals surface area (Å²) < 4.78 is 7.87. The molecule has 3 aromatic rings. The second-order valence-corrected chi connectivity index (χ2v) is 9.47. The number of hydrogen-bond acceptors (Lipinski definition) is 5. The van der Waals surface area contributed by atoms with E-state index in [0.29, 0.717) is 24.6 Å². The Morgan fingerprint density at radius 3 is 2.78 bits per heavy atom. The molecular formula is C24H30N6O2. The Bertz CT molecular complexity index is 1070. The lowest BCUT2D eigenvalue weighted by Gasteiger charge is -2.37. The summed E-state index contributed by atoms with van der Waals surface area (Å²) in [5, 5.41) is 16.0. The number of benzene rings is 1. The molecule has 2 saturated heterocycles. The van der Waals surface area contributed by atoms with Crippen LogP contribution in [0.15, 0.2) is 42.9 Å². The van der Waals surface area contributed by atoms with Crippen molar-refractivity contribution in [1.29, 1.82) is 0 Å². The molecule has 32 heavy (non-hydrogen) atoms. The van der Waals surface area contributed by atoms with Crippen molar-refractivity contribution >= 4 is 5.91 Å². The van der Waals surface area contributed by atoms with E-state index in [1.165, 1.54) is 0 Å². The molecule has 8 heteroatoms. The minimum atomic E-state index is -0.0354. The first-order valence-electron chi connectivity index (χ1n) is 11.4. The lowest BCUT2D eigenvalue weighted by molar-refractivity contribution is 0.0106. The van der Waals surface area contributed by atoms with Crippen molar-refractivity contribution in [3.05, 3.63) is 54.2 Å². The van der Waals surface area contributed by atoms with Gasteiger partial charge in [-0.15, -0.1) is 10.2 Å². The first-order valence-corrected chi connectivity index (χ1v) is 11.4. The summed E-state index contributed by atoms with van der Waals surface area (Å²) in [7, 11) is 0. The zero-order valence-electron chi connectivity index (χ0n) is 18.7. The number of carbonyl (C=O) groups excluding carboxylic acids is 1. The second kappa shape index (κ2) is 8.50. The van der Waals surface area contributed by atoms with Gasteiger partial charge in [0.1, 0.15) is 12.2 Å². The molecule has 0 bridgehead atoms. The Balaban J connectivity index is 1.47. The van der Waals surface area contributed by atoms with Crippen LogP contribution in [0.1, 0.15) is 48.8 Å². The van der Waals surface area contributed by atoms with Crippen LogP contribution in [-0.4, -0.2) is 62.1 Å². The van der Waals surface area contributed by atoms with Gasteiger partial charge in [-0.1, -0.05) is 44.2 Å². The molecule has 5 rings (SSSR count). The van der Waals surface area contributed by atoms with E-state index in [9.17, 15) is 4.79 Å². The Labute approximate surface area is 188 Å². The molecule has 0 saturated carbocycles. The SMILES string of the molecule is CC(C)Cn1cnnc1C1CN(C(=O)c2cn[nH]c2-c2ccccc2)CC12CCOCC2. The lowest BCUT2D eigenvalue weighted by Crippen LogP contribution is -2.38. The van der Waals surface area contributed by atoms with Crippen LogP contribution in [0.2, 0.25) is 0 Å². The summed E-state index contributed by atoms with van der Waals surface area (Å²) in [5.41, 5.74) is 2.30. The van der Waals surface area contributed by atoms with Crippen LogP contribution in [-0.2, 0) is 11.3 Å². The number of amides is 1. The molecule has 0 aliphatic carbocycles. The Morgan fingerprint density at radius 2 is 2.03 bits per heavy atom. The molecule has 2 aliphatic heterocycles. The molecule has 4 heterocycles. The summed E-state index contributed by atoms with van der Waals surface area (Å²) in [6.07, 6.45) is 5.33. The molecule has 1 atom stereocenters. The predicted octanol–water partition coefficient (Wildman–Crippen LogP) is 3.36. The molecule has 1 spiro atoms. The third-order valence-electron chi connectivity index (χ3n) is 6.87. The van der Waals surface area contributed by atoms with Crippen molar-refractivity contribution in [2.45, 2.75) is 39.2 Å². The highest BCUT2D eigenvalue weighted by Gasteiger charge is 2.51. The fourth-order valence-corrected chi connectivity index (χ4v) is 5.27. The van der Waals surface area contributed by atoms with Gasteiger partial charge in [0.2, 0.25) is 0 Å². The Hall–Kier alpha value is -3.00. The van der Waals surface area contributed by atoms with Gasteiger partial charge in [0.25, 0.3) is 5.91 Å². The number of aromatic nitrogens is 5. The highest BCUT2D eigenvalue weighted by Crippen LogP contribution is 2.49. The zero-order chi connectivity index (χ0) is 22.1. The van der Waals surface area contributed by atoms with Gasteiger partial charge in [-0.3, -0.25) is 9.89 Å². The maximum atomic E-state index is 13.7. The van der Waals surface area contributed by atoms with E-state index in [1.807, 2.05) is 41.6 Å². The normalized spacial score (nSPS) is 20.3. The number of H-pyrrole nitrogens is 1. The van der Waals surface area contributed by atoms with E-state index >= 15 is 0 Å². The molecule has 1 N–H and O–H groups in total. The highest BCUT2D eigenvalue weighted by molar-refractivity contribution is 6.00. The molecule has 1 aromatic carbocycles. The number of hydrogen-bond donors (Lipinski definition) is 1. The predicted molar refractivity (Wildman–Crippen MR) is 120 cm³/mol. The highest BCUT2D eigenvalue weighted by atomic mass is 16.5. The average Bonchev–Trinajstić information content (AvgIpc) is 3.53. The third kappa shape index (κ3) is 3.72. The number of carbonyl (C=O) groups is 1. The summed E-state index contributed by atoms with van der Waals surface area (Å²) in [6.45, 7) is 8.04.